The van der Waals surface area contributed by atoms with Gasteiger partial charge in [0.05, 0.1) is 18.9 Å². The molecule has 0 atom stereocenters. The lowest BCUT2D eigenvalue weighted by Gasteiger charge is -2.49. The number of allylic oxidation sites excluding steroid dienone is 2. The molecule has 5 heteroatoms. The first-order valence-corrected chi connectivity index (χ1v) is 12.5. The molecule has 0 N–H and O–H groups in total. The number of hydrogen-bond acceptors (Lipinski definition) is 4. The van der Waals surface area contributed by atoms with E-state index in [4.69, 9.17) is 9.47 Å². The zero-order valence-corrected chi connectivity index (χ0v) is 19.3. The lowest BCUT2D eigenvalue weighted by atomic mass is 9.69. The molecule has 2 aromatic rings. The standard InChI is InChI=1S/C28H31NO4/c1-2-32-27(31)23-16-29-24(14-25(23)30)21-13-22(19-6-3-4-7-19)26(33-17-18-8-9-18)12-20(21)15-28(29)10-5-11-28/h6,12-14,16,18H,2-5,7-11,15,17H2,1H3. The van der Waals surface area contributed by atoms with Crippen LogP contribution in [0.1, 0.15) is 79.8 Å². The van der Waals surface area contributed by atoms with Crippen LogP contribution in [0.25, 0.3) is 16.8 Å². The van der Waals surface area contributed by atoms with Crippen molar-refractivity contribution in [1.29, 1.82) is 0 Å². The van der Waals surface area contributed by atoms with Crippen molar-refractivity contribution in [3.8, 4) is 17.0 Å². The number of pyridine rings is 1. The van der Waals surface area contributed by atoms with Gasteiger partial charge in [-0.25, -0.2) is 4.79 Å². The number of carbonyl (C=O) groups excluding carboxylic acids is 1. The Balaban J connectivity index is 1.50. The van der Waals surface area contributed by atoms with Crippen LogP contribution in [-0.2, 0) is 16.7 Å². The van der Waals surface area contributed by atoms with E-state index in [2.05, 4.69) is 22.8 Å². The van der Waals surface area contributed by atoms with E-state index in [9.17, 15) is 9.59 Å². The van der Waals surface area contributed by atoms with Gasteiger partial charge in [0.25, 0.3) is 0 Å². The molecule has 0 bridgehead atoms. The minimum absolute atomic E-state index is 0.0703. The summed E-state index contributed by atoms with van der Waals surface area (Å²) in [6.45, 7) is 2.82. The molecule has 3 aliphatic carbocycles. The minimum atomic E-state index is -0.529. The molecule has 2 fully saturated rings. The second-order valence-corrected chi connectivity index (χ2v) is 10.2. The summed E-state index contributed by atoms with van der Waals surface area (Å²) in [4.78, 5) is 25.4. The number of benzene rings is 1. The van der Waals surface area contributed by atoms with E-state index in [0.29, 0.717) is 5.92 Å². The molecule has 0 unspecified atom stereocenters. The second-order valence-electron chi connectivity index (χ2n) is 10.2. The highest BCUT2D eigenvalue weighted by Crippen LogP contribution is 2.50. The van der Waals surface area contributed by atoms with Crippen LogP contribution < -0.4 is 10.2 Å². The molecule has 2 heterocycles. The number of carbonyl (C=O) groups is 1. The van der Waals surface area contributed by atoms with Crippen molar-refractivity contribution in [3.05, 3.63) is 57.4 Å². The zero-order chi connectivity index (χ0) is 22.6. The highest BCUT2D eigenvalue weighted by Gasteiger charge is 2.44. The monoisotopic (exact) mass is 445 g/mol. The highest BCUT2D eigenvalue weighted by atomic mass is 16.5. The van der Waals surface area contributed by atoms with E-state index >= 15 is 0 Å². The Morgan fingerprint density at radius 3 is 2.67 bits per heavy atom. The second kappa shape index (κ2) is 7.89. The first kappa shape index (κ1) is 20.8. The highest BCUT2D eigenvalue weighted by molar-refractivity contribution is 5.90. The Morgan fingerprint density at radius 2 is 2.00 bits per heavy atom. The fourth-order valence-corrected chi connectivity index (χ4v) is 5.72. The van der Waals surface area contributed by atoms with Crippen molar-refractivity contribution < 1.29 is 14.3 Å². The maximum atomic E-state index is 13.0. The number of fused-ring (bicyclic) bond motifs is 4. The molecule has 6 rings (SSSR count). The Hall–Kier alpha value is -2.82. The predicted octanol–water partition coefficient (Wildman–Crippen LogP) is 5.48. The summed E-state index contributed by atoms with van der Waals surface area (Å²) in [5.74, 6) is 1.17. The van der Waals surface area contributed by atoms with E-state index < -0.39 is 5.97 Å². The first-order chi connectivity index (χ1) is 16.1. The molecule has 1 aliphatic heterocycles. The van der Waals surface area contributed by atoms with Crippen LogP contribution in [0.3, 0.4) is 0 Å². The van der Waals surface area contributed by atoms with E-state index in [-0.39, 0.29) is 23.1 Å². The van der Waals surface area contributed by atoms with Gasteiger partial charge >= 0.3 is 5.97 Å². The van der Waals surface area contributed by atoms with Crippen molar-refractivity contribution in [3.63, 3.8) is 0 Å². The summed E-state index contributed by atoms with van der Waals surface area (Å²) in [5, 5.41) is 0. The van der Waals surface area contributed by atoms with Crippen molar-refractivity contribution >= 4 is 11.5 Å². The van der Waals surface area contributed by atoms with Crippen molar-refractivity contribution in [2.24, 2.45) is 5.92 Å². The number of nitrogens with zero attached hydrogens (tertiary/aromatic N) is 1. The Kier molecular flexibility index (Phi) is 4.97. The number of ether oxygens (including phenoxy) is 2. The number of aromatic nitrogens is 1. The average Bonchev–Trinajstić information content (AvgIpc) is 3.46. The van der Waals surface area contributed by atoms with Gasteiger partial charge < -0.3 is 14.0 Å². The molecule has 2 saturated carbocycles. The molecule has 4 aliphatic rings. The van der Waals surface area contributed by atoms with Gasteiger partial charge in [-0.1, -0.05) is 6.08 Å². The van der Waals surface area contributed by atoms with Crippen LogP contribution in [0, 0.1) is 5.92 Å². The van der Waals surface area contributed by atoms with Crippen LogP contribution in [0.4, 0.5) is 0 Å². The van der Waals surface area contributed by atoms with E-state index in [1.807, 2.05) is 0 Å². The van der Waals surface area contributed by atoms with Gasteiger partial charge in [-0.2, -0.15) is 0 Å². The van der Waals surface area contributed by atoms with Gasteiger partial charge in [-0.3, -0.25) is 4.79 Å². The third-order valence-corrected chi connectivity index (χ3v) is 7.90. The lowest BCUT2D eigenvalue weighted by molar-refractivity contribution is 0.0521. The van der Waals surface area contributed by atoms with Gasteiger partial charge in [0.2, 0.25) is 0 Å². The Morgan fingerprint density at radius 1 is 1.15 bits per heavy atom. The third kappa shape index (κ3) is 3.53. The fourth-order valence-electron chi connectivity index (χ4n) is 5.72. The Bertz CT molecular complexity index is 1210. The largest absolute Gasteiger partial charge is 0.493 e. The van der Waals surface area contributed by atoms with Crippen LogP contribution in [-0.4, -0.2) is 23.8 Å². The van der Waals surface area contributed by atoms with Gasteiger partial charge in [-0.15, -0.1) is 0 Å². The molecule has 5 nitrogen and oxygen atoms in total. The zero-order valence-electron chi connectivity index (χ0n) is 19.3. The van der Waals surface area contributed by atoms with E-state index in [1.165, 1.54) is 36.0 Å². The van der Waals surface area contributed by atoms with Gasteiger partial charge in [0, 0.05) is 28.9 Å². The van der Waals surface area contributed by atoms with Gasteiger partial charge in [0.1, 0.15) is 11.3 Å². The minimum Gasteiger partial charge on any atom is -0.493 e. The summed E-state index contributed by atoms with van der Waals surface area (Å²) in [6.07, 6.45) is 14.2. The summed E-state index contributed by atoms with van der Waals surface area (Å²) < 4.78 is 13.8. The summed E-state index contributed by atoms with van der Waals surface area (Å²) >= 11 is 0. The number of esters is 1. The van der Waals surface area contributed by atoms with Gasteiger partial charge in [-0.05, 0) is 93.9 Å². The van der Waals surface area contributed by atoms with Crippen LogP contribution in [0.15, 0.2) is 35.3 Å². The van der Waals surface area contributed by atoms with Crippen molar-refractivity contribution in [2.75, 3.05) is 13.2 Å². The van der Waals surface area contributed by atoms with E-state index in [1.54, 1.807) is 19.2 Å². The number of rotatable bonds is 6. The van der Waals surface area contributed by atoms with E-state index in [0.717, 1.165) is 62.1 Å². The van der Waals surface area contributed by atoms with Crippen LogP contribution in [0.5, 0.6) is 5.75 Å². The molecule has 0 amide bonds. The summed E-state index contributed by atoms with van der Waals surface area (Å²) in [6, 6.07) is 6.15. The smallest absolute Gasteiger partial charge is 0.343 e. The molecule has 1 spiro atoms. The predicted molar refractivity (Wildman–Crippen MR) is 128 cm³/mol. The molecule has 1 aromatic carbocycles. The first-order valence-electron chi connectivity index (χ1n) is 12.5. The Labute approximate surface area is 194 Å². The molecular weight excluding hydrogens is 414 g/mol. The van der Waals surface area contributed by atoms with Crippen LogP contribution in [0.2, 0.25) is 0 Å². The molecular formula is C28H31NO4. The van der Waals surface area contributed by atoms with Crippen LogP contribution >= 0.6 is 0 Å². The topological polar surface area (TPSA) is 57.5 Å². The maximum Gasteiger partial charge on any atom is 0.343 e. The molecule has 33 heavy (non-hydrogen) atoms. The molecule has 1 aromatic heterocycles. The normalized spacial score (nSPS) is 20.0. The molecule has 172 valence electrons. The van der Waals surface area contributed by atoms with Crippen molar-refractivity contribution in [2.45, 2.75) is 70.3 Å². The third-order valence-electron chi connectivity index (χ3n) is 7.90. The lowest BCUT2D eigenvalue weighted by Crippen LogP contribution is -2.46. The quantitative estimate of drug-likeness (QED) is 0.552. The summed E-state index contributed by atoms with van der Waals surface area (Å²) in [7, 11) is 0. The average molecular weight is 446 g/mol. The number of hydrogen-bond donors (Lipinski definition) is 0. The van der Waals surface area contributed by atoms with Gasteiger partial charge in [0.15, 0.2) is 5.43 Å². The SMILES string of the molecule is CCOC(=O)c1cn2c(cc1=O)-c1cc(C3=CCCC3)c(OCC3CC3)cc1CC21CCC1. The molecule has 0 saturated heterocycles. The fraction of sp³-hybridized carbons (Fsp3) is 0.500. The maximum absolute atomic E-state index is 13.0. The van der Waals surface area contributed by atoms with Crippen molar-refractivity contribution in [1.82, 2.24) is 4.57 Å². The molecule has 0 radical (unpaired) electrons. The summed E-state index contributed by atoms with van der Waals surface area (Å²) in [5.41, 5.74) is 5.60.